The quantitative estimate of drug-likeness (QED) is 0.601. The Hall–Kier alpha value is -0.0900. The minimum Gasteiger partial charge on any atom is -0.138 e. The molecule has 3 rings (SSSR count). The van der Waals surface area contributed by atoms with Gasteiger partial charge >= 0.3 is 0 Å². The molecule has 3 aliphatic rings. The van der Waals surface area contributed by atoms with E-state index in [4.69, 9.17) is 0 Å². The Morgan fingerprint density at radius 2 is 2.23 bits per heavy atom. The first-order valence-corrected chi connectivity index (χ1v) is 6.21. The van der Waals surface area contributed by atoms with Gasteiger partial charge in [-0.1, -0.05) is 6.92 Å². The minimum absolute atomic E-state index is 0.844. The molecule has 0 fully saturated rings. The molecule has 0 aromatic carbocycles. The van der Waals surface area contributed by atoms with Gasteiger partial charge in [0.2, 0.25) is 0 Å². The van der Waals surface area contributed by atoms with Gasteiger partial charge in [0.05, 0.1) is 0 Å². The van der Waals surface area contributed by atoms with Crippen molar-refractivity contribution in [1.82, 2.24) is 0 Å². The van der Waals surface area contributed by atoms with Crippen molar-refractivity contribution in [3.05, 3.63) is 22.3 Å². The van der Waals surface area contributed by atoms with Crippen LogP contribution in [0.25, 0.3) is 0 Å². The van der Waals surface area contributed by atoms with E-state index in [1.807, 2.05) is 0 Å². The lowest BCUT2D eigenvalue weighted by Crippen LogP contribution is -2.22. The summed E-state index contributed by atoms with van der Waals surface area (Å²) in [6.07, 6.45) is 6.66. The highest BCUT2D eigenvalue weighted by Crippen LogP contribution is 2.49. The molecule has 2 bridgehead atoms. The molecule has 0 aliphatic heterocycles. The Labute approximate surface area is 83.7 Å². The third kappa shape index (κ3) is 1.40. The molecule has 0 aromatic heterocycles. The lowest BCUT2D eigenvalue weighted by atomic mass is 9.66. The predicted octanol–water partition coefficient (Wildman–Crippen LogP) is 3.70. The SMILES string of the molecule is CC1=C2CC[C@H](C)C1=C2CCCP. The van der Waals surface area contributed by atoms with Crippen LogP contribution in [0.4, 0.5) is 0 Å². The van der Waals surface area contributed by atoms with Crippen molar-refractivity contribution in [3.63, 3.8) is 0 Å². The smallest absolute Gasteiger partial charge is 0.0182 e. The number of hydrogen-bond acceptors (Lipinski definition) is 0. The van der Waals surface area contributed by atoms with Crippen molar-refractivity contribution in [2.75, 3.05) is 6.16 Å². The van der Waals surface area contributed by atoms with Crippen molar-refractivity contribution in [1.29, 1.82) is 0 Å². The molecule has 0 heterocycles. The molecule has 0 saturated heterocycles. The number of rotatable bonds is 3. The number of allylic oxidation sites excluding steroid dienone is 4. The van der Waals surface area contributed by atoms with Crippen LogP contribution in [0.1, 0.15) is 39.5 Å². The molecule has 0 nitrogen and oxygen atoms in total. The fourth-order valence-corrected chi connectivity index (χ4v) is 2.99. The van der Waals surface area contributed by atoms with E-state index in [-0.39, 0.29) is 0 Å². The van der Waals surface area contributed by atoms with Gasteiger partial charge in [-0.2, -0.15) is 0 Å². The van der Waals surface area contributed by atoms with Crippen LogP contribution >= 0.6 is 9.24 Å². The molecule has 0 spiro atoms. The monoisotopic (exact) mass is 194 g/mol. The van der Waals surface area contributed by atoms with Gasteiger partial charge in [-0.25, -0.2) is 0 Å². The number of hydrogen-bond donors (Lipinski definition) is 0. The molecule has 0 amide bonds. The summed E-state index contributed by atoms with van der Waals surface area (Å²) < 4.78 is 0. The molecule has 72 valence electrons. The van der Waals surface area contributed by atoms with Crippen LogP contribution in [0.2, 0.25) is 0 Å². The van der Waals surface area contributed by atoms with Crippen molar-refractivity contribution in [2.45, 2.75) is 39.5 Å². The van der Waals surface area contributed by atoms with Crippen molar-refractivity contribution < 1.29 is 0 Å². The Morgan fingerprint density at radius 1 is 1.46 bits per heavy atom. The van der Waals surface area contributed by atoms with Gasteiger partial charge < -0.3 is 0 Å². The molecule has 2 atom stereocenters. The average molecular weight is 194 g/mol. The van der Waals surface area contributed by atoms with Crippen LogP contribution in [0.15, 0.2) is 22.3 Å². The summed E-state index contributed by atoms with van der Waals surface area (Å²) in [6, 6.07) is 0. The second-order valence-corrected chi connectivity index (χ2v) is 4.91. The molecule has 3 aliphatic carbocycles. The van der Waals surface area contributed by atoms with Crippen molar-refractivity contribution in [3.8, 4) is 0 Å². The van der Waals surface area contributed by atoms with Crippen LogP contribution < -0.4 is 0 Å². The van der Waals surface area contributed by atoms with E-state index in [2.05, 4.69) is 23.1 Å². The van der Waals surface area contributed by atoms with E-state index in [0.717, 1.165) is 5.92 Å². The molecule has 1 heteroatoms. The minimum atomic E-state index is 0.844. The summed E-state index contributed by atoms with van der Waals surface area (Å²) in [6.45, 7) is 4.69. The van der Waals surface area contributed by atoms with Crippen LogP contribution in [0.3, 0.4) is 0 Å². The second-order valence-electron chi connectivity index (χ2n) is 4.33. The zero-order valence-electron chi connectivity index (χ0n) is 8.69. The zero-order chi connectivity index (χ0) is 9.42. The Bertz CT molecular complexity index is 283. The normalized spacial score (nSPS) is 26.5. The van der Waals surface area contributed by atoms with Crippen molar-refractivity contribution >= 4 is 9.24 Å². The first-order chi connectivity index (χ1) is 6.25. The van der Waals surface area contributed by atoms with Gasteiger partial charge in [0.15, 0.2) is 0 Å². The largest absolute Gasteiger partial charge is 0.138 e. The molecule has 0 N–H and O–H groups in total. The molecule has 1 unspecified atom stereocenters. The lowest BCUT2D eigenvalue weighted by molar-refractivity contribution is 0.546. The van der Waals surface area contributed by atoms with Crippen molar-refractivity contribution in [2.24, 2.45) is 5.92 Å². The standard InChI is InChI=1S/C12H19P/c1-8-5-6-10-9(2)12(8)11(10)4-3-7-13/h8H,3-7,13H2,1-2H3/t8-/m0/s1. The van der Waals surface area contributed by atoms with Crippen LogP contribution in [-0.2, 0) is 0 Å². The van der Waals surface area contributed by atoms with Crippen LogP contribution in [0.5, 0.6) is 0 Å². The van der Waals surface area contributed by atoms with Gasteiger partial charge in [0.1, 0.15) is 0 Å². The molecule has 0 saturated carbocycles. The van der Waals surface area contributed by atoms with E-state index < -0.39 is 0 Å². The number of fused-ring (bicyclic) bond motifs is 2. The lowest BCUT2D eigenvalue weighted by Gasteiger charge is -2.39. The summed E-state index contributed by atoms with van der Waals surface area (Å²) in [5.74, 6) is 0.844. The molecule has 0 aromatic rings. The maximum Gasteiger partial charge on any atom is -0.0182 e. The Morgan fingerprint density at radius 3 is 2.77 bits per heavy atom. The first kappa shape index (κ1) is 9.46. The van der Waals surface area contributed by atoms with E-state index in [1.54, 1.807) is 22.3 Å². The zero-order valence-corrected chi connectivity index (χ0v) is 9.84. The topological polar surface area (TPSA) is 0 Å². The average Bonchev–Trinajstić information content (AvgIpc) is 2.12. The third-order valence-electron chi connectivity index (χ3n) is 3.50. The maximum atomic E-state index is 2.82. The van der Waals surface area contributed by atoms with Gasteiger partial charge in [0, 0.05) is 0 Å². The van der Waals surface area contributed by atoms with E-state index in [9.17, 15) is 0 Å². The van der Waals surface area contributed by atoms with E-state index in [1.165, 1.54) is 31.8 Å². The van der Waals surface area contributed by atoms with Crippen LogP contribution in [0, 0.1) is 5.92 Å². The van der Waals surface area contributed by atoms with Gasteiger partial charge in [-0.15, -0.1) is 9.24 Å². The first-order valence-electron chi connectivity index (χ1n) is 5.39. The summed E-state index contributed by atoms with van der Waals surface area (Å²) in [5, 5.41) is 0. The molecule has 13 heavy (non-hydrogen) atoms. The highest BCUT2D eigenvalue weighted by molar-refractivity contribution is 7.16. The molecular weight excluding hydrogens is 175 g/mol. The van der Waals surface area contributed by atoms with Gasteiger partial charge in [-0.05, 0) is 67.0 Å². The van der Waals surface area contributed by atoms with Gasteiger partial charge in [0.25, 0.3) is 0 Å². The van der Waals surface area contributed by atoms with E-state index >= 15 is 0 Å². The Kier molecular flexibility index (Phi) is 2.60. The summed E-state index contributed by atoms with van der Waals surface area (Å²) >= 11 is 0. The predicted molar refractivity (Wildman–Crippen MR) is 61.9 cm³/mol. The summed E-state index contributed by atoms with van der Waals surface area (Å²) in [7, 11) is 2.82. The highest BCUT2D eigenvalue weighted by Gasteiger charge is 2.32. The highest BCUT2D eigenvalue weighted by atomic mass is 31.0. The summed E-state index contributed by atoms with van der Waals surface area (Å²) in [4.78, 5) is 0. The van der Waals surface area contributed by atoms with E-state index in [0.29, 0.717) is 0 Å². The molecular formula is C12H19P. The second kappa shape index (κ2) is 3.58. The van der Waals surface area contributed by atoms with Crippen LogP contribution in [-0.4, -0.2) is 6.16 Å². The fraction of sp³-hybridized carbons (Fsp3) is 0.667. The maximum absolute atomic E-state index is 2.82. The van der Waals surface area contributed by atoms with Gasteiger partial charge in [-0.3, -0.25) is 0 Å². The third-order valence-corrected chi connectivity index (χ3v) is 3.91. The summed E-state index contributed by atoms with van der Waals surface area (Å²) in [5.41, 5.74) is 6.81. The molecule has 0 radical (unpaired) electrons. The Balaban J connectivity index is 2.12. The fourth-order valence-electron chi connectivity index (χ4n) is 2.79.